The fourth-order valence-corrected chi connectivity index (χ4v) is 0.931. The molecule has 0 amide bonds. The van der Waals surface area contributed by atoms with Crippen molar-refractivity contribution in [2.75, 3.05) is 0 Å². The summed E-state index contributed by atoms with van der Waals surface area (Å²) in [7, 11) is 0. The van der Waals surface area contributed by atoms with Gasteiger partial charge in [-0.3, -0.25) is 9.59 Å². The van der Waals surface area contributed by atoms with Crippen LogP contribution in [0.5, 0.6) is 5.75 Å². The summed E-state index contributed by atoms with van der Waals surface area (Å²) in [6, 6.07) is 0.0843. The topological polar surface area (TPSA) is 106 Å². The minimum atomic E-state index is -1.14. The zero-order valence-corrected chi connectivity index (χ0v) is 12.1. The van der Waals surface area contributed by atoms with E-state index in [1.807, 2.05) is 0 Å². The standard InChI is InChI=1S/C8H10N2O4.3ClH.Fe/c9-5(8(13)14)3-10-2-1-6(11)7(12)4-10;;;;/h1-2,4-5,12H,3,9H2,(H,13,14);3*1H;/q;;;;+3/p-3/t5-;;;;/m0..../s1. The van der Waals surface area contributed by atoms with E-state index in [0.29, 0.717) is 0 Å². The third kappa shape index (κ3) is 7.81. The molecule has 1 aromatic heterocycles. The number of carboxylic acids is 1. The molecule has 0 saturated carbocycles. The van der Waals surface area contributed by atoms with Gasteiger partial charge in [0.25, 0.3) is 0 Å². The number of aliphatic carboxylic acids is 1. The maximum atomic E-state index is 10.8. The Kier molecular flexibility index (Phi) is 17.0. The molecular formula is C8H10Cl3FeN2O4. The Hall–Kier alpha value is -0.431. The molecule has 18 heavy (non-hydrogen) atoms. The smallest absolute Gasteiger partial charge is 1.00 e. The number of hydrogen-bond donors (Lipinski definition) is 3. The summed E-state index contributed by atoms with van der Waals surface area (Å²) in [6.07, 6.45) is 2.51. The maximum absolute atomic E-state index is 10.8. The quantitative estimate of drug-likeness (QED) is 0.464. The number of carboxylic acid groups (broad SMARTS) is 1. The van der Waals surface area contributed by atoms with Crippen LogP contribution in [0.3, 0.4) is 0 Å². The van der Waals surface area contributed by atoms with Crippen LogP contribution in [-0.2, 0) is 28.4 Å². The second-order valence-corrected chi connectivity index (χ2v) is 2.84. The second kappa shape index (κ2) is 11.6. The van der Waals surface area contributed by atoms with Gasteiger partial charge in [0.15, 0.2) is 5.75 Å². The first-order chi connectivity index (χ1) is 6.50. The number of nitrogens with zero attached hydrogens (tertiary/aromatic N) is 1. The van der Waals surface area contributed by atoms with Crippen molar-refractivity contribution in [2.24, 2.45) is 5.73 Å². The van der Waals surface area contributed by atoms with Gasteiger partial charge in [-0.1, -0.05) is 0 Å². The van der Waals surface area contributed by atoms with E-state index in [1.165, 1.54) is 10.8 Å². The summed E-state index contributed by atoms with van der Waals surface area (Å²) in [4.78, 5) is 21.2. The number of hydrogen-bond acceptors (Lipinski definition) is 4. The summed E-state index contributed by atoms with van der Waals surface area (Å²) in [6.45, 7) is 0.00315. The van der Waals surface area contributed by atoms with Crippen LogP contribution in [0.4, 0.5) is 0 Å². The molecule has 0 unspecified atom stereocenters. The molecule has 1 rings (SSSR count). The van der Waals surface area contributed by atoms with Gasteiger partial charge in [-0.25, -0.2) is 0 Å². The van der Waals surface area contributed by atoms with E-state index in [1.54, 1.807) is 0 Å². The average Bonchev–Trinajstić information content (AvgIpc) is 2.11. The first-order valence-corrected chi connectivity index (χ1v) is 3.88. The number of pyridine rings is 1. The number of carbonyl (C=O) groups is 1. The van der Waals surface area contributed by atoms with Crippen LogP contribution >= 0.6 is 0 Å². The van der Waals surface area contributed by atoms with Gasteiger partial charge in [0.05, 0.1) is 0 Å². The summed E-state index contributed by atoms with van der Waals surface area (Å²) in [5.74, 6) is -1.56. The van der Waals surface area contributed by atoms with Gasteiger partial charge >= 0.3 is 23.0 Å². The van der Waals surface area contributed by atoms with Crippen molar-refractivity contribution in [3.63, 3.8) is 0 Å². The van der Waals surface area contributed by atoms with Gasteiger partial charge in [-0.15, -0.1) is 0 Å². The molecule has 0 aliphatic carbocycles. The van der Waals surface area contributed by atoms with Gasteiger partial charge in [0.2, 0.25) is 5.43 Å². The maximum Gasteiger partial charge on any atom is 3.00 e. The molecule has 6 nitrogen and oxygen atoms in total. The molecule has 0 bridgehead atoms. The van der Waals surface area contributed by atoms with Crippen LogP contribution in [-0.4, -0.2) is 26.8 Å². The Labute approximate surface area is 132 Å². The van der Waals surface area contributed by atoms with Gasteiger partial charge in [-0.2, -0.15) is 0 Å². The Morgan fingerprint density at radius 3 is 2.28 bits per heavy atom. The molecule has 1 radical (unpaired) electrons. The molecule has 1 heterocycles. The normalized spacial score (nSPS) is 9.61. The third-order valence-corrected chi connectivity index (χ3v) is 1.68. The van der Waals surface area contributed by atoms with Crippen molar-refractivity contribution in [1.29, 1.82) is 0 Å². The number of aromatic nitrogens is 1. The van der Waals surface area contributed by atoms with Crippen LogP contribution in [0.15, 0.2) is 23.3 Å². The van der Waals surface area contributed by atoms with Crippen LogP contribution in [0, 0.1) is 0 Å². The monoisotopic (exact) mass is 359 g/mol. The van der Waals surface area contributed by atoms with Crippen LogP contribution in [0.1, 0.15) is 0 Å². The van der Waals surface area contributed by atoms with Crippen LogP contribution < -0.4 is 48.4 Å². The molecule has 0 spiro atoms. The molecular weight excluding hydrogens is 350 g/mol. The molecule has 0 aliphatic rings. The molecule has 1 aromatic rings. The molecule has 10 heteroatoms. The number of nitrogens with two attached hydrogens (primary N) is 1. The summed E-state index contributed by atoms with van der Waals surface area (Å²) < 4.78 is 1.34. The molecule has 4 N–H and O–H groups in total. The first kappa shape index (κ1) is 26.2. The molecule has 0 aliphatic heterocycles. The average molecular weight is 360 g/mol. The zero-order chi connectivity index (χ0) is 10.7. The summed E-state index contributed by atoms with van der Waals surface area (Å²) >= 11 is 0. The Bertz CT molecular complexity index is 416. The van der Waals surface area contributed by atoms with Gasteiger partial charge in [0.1, 0.15) is 6.04 Å². The van der Waals surface area contributed by atoms with Crippen molar-refractivity contribution in [3.05, 3.63) is 28.7 Å². The molecule has 0 saturated heterocycles. The fourth-order valence-electron chi connectivity index (χ4n) is 0.931. The number of rotatable bonds is 3. The van der Waals surface area contributed by atoms with E-state index in [-0.39, 0.29) is 60.8 Å². The number of aromatic hydroxyl groups is 1. The van der Waals surface area contributed by atoms with E-state index in [0.717, 1.165) is 12.3 Å². The van der Waals surface area contributed by atoms with E-state index < -0.39 is 23.2 Å². The van der Waals surface area contributed by atoms with Gasteiger partial charge < -0.3 is 57.7 Å². The largest absolute Gasteiger partial charge is 3.00 e. The summed E-state index contributed by atoms with van der Waals surface area (Å²) in [5, 5.41) is 17.5. The molecule has 1 atom stereocenters. The Morgan fingerprint density at radius 1 is 1.39 bits per heavy atom. The van der Waals surface area contributed by atoms with Crippen molar-refractivity contribution in [3.8, 4) is 5.75 Å². The second-order valence-electron chi connectivity index (χ2n) is 2.84. The van der Waals surface area contributed by atoms with Crippen molar-refractivity contribution in [1.82, 2.24) is 4.57 Å². The summed E-state index contributed by atoms with van der Waals surface area (Å²) in [5.41, 5.74) is 4.75. The van der Waals surface area contributed by atoms with Crippen molar-refractivity contribution in [2.45, 2.75) is 12.6 Å². The fraction of sp³-hybridized carbons (Fsp3) is 0.250. The molecule has 105 valence electrons. The first-order valence-electron chi connectivity index (χ1n) is 3.88. The van der Waals surface area contributed by atoms with Crippen molar-refractivity contribution < 1.29 is 69.3 Å². The molecule has 0 aromatic carbocycles. The number of halogens is 3. The van der Waals surface area contributed by atoms with Crippen LogP contribution in [0.25, 0.3) is 0 Å². The van der Waals surface area contributed by atoms with E-state index in [4.69, 9.17) is 15.9 Å². The molecule has 0 fully saturated rings. The van der Waals surface area contributed by atoms with Gasteiger partial charge in [0, 0.05) is 25.0 Å². The zero-order valence-electron chi connectivity index (χ0n) is 8.74. The van der Waals surface area contributed by atoms with Crippen molar-refractivity contribution >= 4 is 5.97 Å². The van der Waals surface area contributed by atoms with E-state index in [2.05, 4.69) is 0 Å². The van der Waals surface area contributed by atoms with Gasteiger partial charge in [-0.05, 0) is 0 Å². The van der Waals surface area contributed by atoms with E-state index >= 15 is 0 Å². The SMILES string of the molecule is N[C@@H](Cn1ccc(=O)c(O)c1)C(=O)O.[Cl-].[Cl-].[Cl-].[Fe+3]. The van der Waals surface area contributed by atoms with E-state index in [9.17, 15) is 9.59 Å². The Morgan fingerprint density at radius 2 is 1.89 bits per heavy atom. The minimum Gasteiger partial charge on any atom is -1.00 e. The third-order valence-electron chi connectivity index (χ3n) is 1.68. The minimum absolute atomic E-state index is 0. The van der Waals surface area contributed by atoms with Crippen LogP contribution in [0.2, 0.25) is 0 Å². The Balaban J connectivity index is -0.000000245. The predicted molar refractivity (Wildman–Crippen MR) is 48.0 cm³/mol. The predicted octanol–water partition coefficient (Wildman–Crippen LogP) is -10.0.